The van der Waals surface area contributed by atoms with Gasteiger partial charge in [0.15, 0.2) is 0 Å². The van der Waals surface area contributed by atoms with Crippen molar-refractivity contribution in [3.05, 3.63) is 21.9 Å². The molecule has 120 valence electrons. The quantitative estimate of drug-likeness (QED) is 0.388. The molecule has 0 aliphatic carbocycles. The van der Waals surface area contributed by atoms with E-state index >= 15 is 0 Å². The predicted octanol–water partition coefficient (Wildman–Crippen LogP) is 6.34. The highest BCUT2D eigenvalue weighted by atomic mass is 32.1. The number of rotatable bonds is 13. The highest BCUT2D eigenvalue weighted by molar-refractivity contribution is 7.12. The standard InChI is InChI=1S/C19H32OS/c1-3-5-6-7-8-9-10-11-12-13-17(20)16-19-15-14-18(4-2)21-19/h14-15H,3-13,16H2,1-2H3. The molecule has 0 radical (unpaired) electrons. The summed E-state index contributed by atoms with van der Waals surface area (Å²) in [7, 11) is 0. The zero-order valence-electron chi connectivity index (χ0n) is 14.0. The fourth-order valence-electron chi connectivity index (χ4n) is 2.62. The zero-order chi connectivity index (χ0) is 15.3. The minimum atomic E-state index is 0.419. The summed E-state index contributed by atoms with van der Waals surface area (Å²) < 4.78 is 0. The van der Waals surface area contributed by atoms with Gasteiger partial charge in [-0.25, -0.2) is 0 Å². The minimum Gasteiger partial charge on any atom is -0.299 e. The topological polar surface area (TPSA) is 17.1 Å². The van der Waals surface area contributed by atoms with Gasteiger partial charge in [-0.15, -0.1) is 11.3 Å². The predicted molar refractivity (Wildman–Crippen MR) is 94.3 cm³/mol. The maximum atomic E-state index is 11.9. The molecule has 0 spiro atoms. The summed E-state index contributed by atoms with van der Waals surface area (Å²) in [6.45, 7) is 4.43. The first kappa shape index (κ1) is 18.4. The second kappa shape index (κ2) is 12.0. The first-order valence-electron chi connectivity index (χ1n) is 8.85. The smallest absolute Gasteiger partial charge is 0.138 e. The highest BCUT2D eigenvalue weighted by Gasteiger charge is 2.06. The largest absolute Gasteiger partial charge is 0.299 e. The van der Waals surface area contributed by atoms with Crippen LogP contribution in [0.1, 0.15) is 87.8 Å². The normalized spacial score (nSPS) is 11.0. The van der Waals surface area contributed by atoms with Gasteiger partial charge in [0.05, 0.1) is 0 Å². The van der Waals surface area contributed by atoms with Crippen LogP contribution in [0.5, 0.6) is 0 Å². The number of carbonyl (C=O) groups excluding carboxylic acids is 1. The van der Waals surface area contributed by atoms with Crippen molar-refractivity contribution in [3.8, 4) is 0 Å². The molecular weight excluding hydrogens is 276 g/mol. The van der Waals surface area contributed by atoms with Gasteiger partial charge in [-0.1, -0.05) is 65.2 Å². The number of Topliss-reactive ketones (excluding diaryl/α,β-unsaturated/α-hetero) is 1. The molecule has 1 nitrogen and oxygen atoms in total. The van der Waals surface area contributed by atoms with E-state index in [1.807, 2.05) is 0 Å². The molecule has 0 bridgehead atoms. The van der Waals surface area contributed by atoms with Gasteiger partial charge in [0.1, 0.15) is 5.78 Å². The van der Waals surface area contributed by atoms with Gasteiger partial charge in [0.25, 0.3) is 0 Å². The van der Waals surface area contributed by atoms with Crippen LogP contribution in [0.4, 0.5) is 0 Å². The second-order valence-corrected chi connectivity index (χ2v) is 7.27. The molecule has 0 aliphatic heterocycles. The van der Waals surface area contributed by atoms with E-state index in [-0.39, 0.29) is 0 Å². The summed E-state index contributed by atoms with van der Waals surface area (Å²) >= 11 is 1.80. The number of carbonyl (C=O) groups is 1. The van der Waals surface area contributed by atoms with Crippen molar-refractivity contribution in [2.75, 3.05) is 0 Å². The highest BCUT2D eigenvalue weighted by Crippen LogP contribution is 2.18. The molecule has 0 N–H and O–H groups in total. The van der Waals surface area contributed by atoms with E-state index in [1.165, 1.54) is 61.1 Å². The lowest BCUT2D eigenvalue weighted by molar-refractivity contribution is -0.118. The summed E-state index contributed by atoms with van der Waals surface area (Å²) in [5.41, 5.74) is 0. The van der Waals surface area contributed by atoms with Crippen LogP contribution in [0, 0.1) is 0 Å². The third-order valence-corrected chi connectivity index (χ3v) is 5.23. The molecule has 0 aromatic carbocycles. The Balaban J connectivity index is 1.96. The van der Waals surface area contributed by atoms with Gasteiger partial charge in [-0.05, 0) is 25.0 Å². The Morgan fingerprint density at radius 3 is 2.00 bits per heavy atom. The lowest BCUT2D eigenvalue weighted by atomic mass is 10.0. The lowest BCUT2D eigenvalue weighted by Gasteiger charge is -2.02. The van der Waals surface area contributed by atoms with Crippen LogP contribution < -0.4 is 0 Å². The van der Waals surface area contributed by atoms with Gasteiger partial charge in [-0.3, -0.25) is 4.79 Å². The Bertz CT molecular complexity index is 381. The van der Waals surface area contributed by atoms with Crippen molar-refractivity contribution < 1.29 is 4.79 Å². The van der Waals surface area contributed by atoms with Crippen molar-refractivity contribution in [1.82, 2.24) is 0 Å². The van der Waals surface area contributed by atoms with Crippen LogP contribution in [0.15, 0.2) is 12.1 Å². The number of aryl methyl sites for hydroxylation is 1. The first-order chi connectivity index (χ1) is 10.3. The molecule has 2 heteroatoms. The van der Waals surface area contributed by atoms with E-state index in [2.05, 4.69) is 26.0 Å². The van der Waals surface area contributed by atoms with E-state index in [1.54, 1.807) is 11.3 Å². The van der Waals surface area contributed by atoms with Crippen molar-refractivity contribution in [3.63, 3.8) is 0 Å². The third-order valence-electron chi connectivity index (χ3n) is 4.00. The molecule has 0 saturated carbocycles. The summed E-state index contributed by atoms with van der Waals surface area (Å²) in [6.07, 6.45) is 14.4. The monoisotopic (exact) mass is 308 g/mol. The van der Waals surface area contributed by atoms with Crippen LogP contribution in [0.25, 0.3) is 0 Å². The van der Waals surface area contributed by atoms with Crippen LogP contribution in [-0.4, -0.2) is 5.78 Å². The number of hydrogen-bond acceptors (Lipinski definition) is 2. The molecule has 1 heterocycles. The second-order valence-electron chi connectivity index (χ2n) is 6.02. The molecule has 0 aliphatic rings. The summed E-state index contributed by atoms with van der Waals surface area (Å²) in [6, 6.07) is 4.28. The Morgan fingerprint density at radius 2 is 1.43 bits per heavy atom. The number of hydrogen-bond donors (Lipinski definition) is 0. The lowest BCUT2D eigenvalue weighted by Crippen LogP contribution is -2.00. The molecule has 1 rings (SSSR count). The molecule has 0 atom stereocenters. The number of ketones is 1. The van der Waals surface area contributed by atoms with E-state index < -0.39 is 0 Å². The van der Waals surface area contributed by atoms with Crippen LogP contribution in [-0.2, 0) is 17.6 Å². The summed E-state index contributed by atoms with van der Waals surface area (Å²) in [5.74, 6) is 0.419. The molecule has 0 amide bonds. The van der Waals surface area contributed by atoms with E-state index in [4.69, 9.17) is 0 Å². The average Bonchev–Trinajstić information content (AvgIpc) is 2.93. The molecule has 0 fully saturated rings. The maximum absolute atomic E-state index is 11.9. The summed E-state index contributed by atoms with van der Waals surface area (Å²) in [4.78, 5) is 14.6. The molecule has 21 heavy (non-hydrogen) atoms. The molecule has 0 saturated heterocycles. The van der Waals surface area contributed by atoms with Crippen LogP contribution in [0.2, 0.25) is 0 Å². The third kappa shape index (κ3) is 9.08. The fraction of sp³-hybridized carbons (Fsp3) is 0.737. The van der Waals surface area contributed by atoms with Crippen molar-refractivity contribution in [2.45, 2.75) is 90.9 Å². The molecular formula is C19H32OS. The van der Waals surface area contributed by atoms with Gasteiger partial charge in [-0.2, -0.15) is 0 Å². The Morgan fingerprint density at radius 1 is 0.857 bits per heavy atom. The maximum Gasteiger partial charge on any atom is 0.138 e. The average molecular weight is 309 g/mol. The van der Waals surface area contributed by atoms with E-state index in [0.717, 1.165) is 19.3 Å². The molecule has 0 unspecified atom stereocenters. The summed E-state index contributed by atoms with van der Waals surface area (Å²) in [5, 5.41) is 0. The zero-order valence-corrected chi connectivity index (χ0v) is 14.8. The van der Waals surface area contributed by atoms with Crippen molar-refractivity contribution >= 4 is 17.1 Å². The van der Waals surface area contributed by atoms with Gasteiger partial charge in [0, 0.05) is 22.6 Å². The van der Waals surface area contributed by atoms with Crippen molar-refractivity contribution in [1.29, 1.82) is 0 Å². The van der Waals surface area contributed by atoms with Crippen LogP contribution >= 0.6 is 11.3 Å². The minimum absolute atomic E-state index is 0.419. The molecule has 1 aromatic heterocycles. The number of thiophene rings is 1. The van der Waals surface area contributed by atoms with Gasteiger partial charge >= 0.3 is 0 Å². The first-order valence-corrected chi connectivity index (χ1v) is 9.67. The van der Waals surface area contributed by atoms with E-state index in [0.29, 0.717) is 12.2 Å². The SMILES string of the molecule is CCCCCCCCCCCC(=O)Cc1ccc(CC)s1. The Hall–Kier alpha value is -0.630. The van der Waals surface area contributed by atoms with Gasteiger partial charge < -0.3 is 0 Å². The van der Waals surface area contributed by atoms with E-state index in [9.17, 15) is 4.79 Å². The van der Waals surface area contributed by atoms with Crippen LogP contribution in [0.3, 0.4) is 0 Å². The van der Waals surface area contributed by atoms with Gasteiger partial charge in [0.2, 0.25) is 0 Å². The van der Waals surface area contributed by atoms with Crippen molar-refractivity contribution in [2.24, 2.45) is 0 Å². The molecule has 1 aromatic rings. The number of unbranched alkanes of at least 4 members (excludes halogenated alkanes) is 8. The Labute approximate surface area is 135 Å². The fourth-order valence-corrected chi connectivity index (χ4v) is 3.61. The Kier molecular flexibility index (Phi) is 10.5.